The predicted octanol–water partition coefficient (Wildman–Crippen LogP) is 3.22. The van der Waals surface area contributed by atoms with Crippen LogP contribution in [0.15, 0.2) is 36.4 Å². The van der Waals surface area contributed by atoms with E-state index >= 15 is 0 Å². The van der Waals surface area contributed by atoms with Gasteiger partial charge in [0.25, 0.3) is 0 Å². The standard InChI is InChI=1S/C18H28N2O/c1-18(2,3)19-15-16-7-9-17(10-8-16)21-14-13-20-11-5-4-6-12-20/h4-5,7-10,19H,6,11-15H2,1-3H3. The van der Waals surface area contributed by atoms with Crippen LogP contribution in [0.25, 0.3) is 0 Å². The van der Waals surface area contributed by atoms with Crippen molar-refractivity contribution in [1.29, 1.82) is 0 Å². The summed E-state index contributed by atoms with van der Waals surface area (Å²) in [5.41, 5.74) is 1.44. The Morgan fingerprint density at radius 3 is 2.52 bits per heavy atom. The first-order valence-electron chi connectivity index (χ1n) is 7.87. The zero-order valence-electron chi connectivity index (χ0n) is 13.6. The molecule has 0 amide bonds. The van der Waals surface area contributed by atoms with Crippen LogP contribution in [0.3, 0.4) is 0 Å². The number of hydrogen-bond donors (Lipinski definition) is 1. The molecule has 1 aromatic rings. The third-order valence-corrected chi connectivity index (χ3v) is 3.56. The van der Waals surface area contributed by atoms with E-state index in [4.69, 9.17) is 4.74 Å². The molecule has 0 bridgehead atoms. The normalized spacial score (nSPS) is 16.1. The fourth-order valence-corrected chi connectivity index (χ4v) is 2.26. The minimum atomic E-state index is 0.151. The summed E-state index contributed by atoms with van der Waals surface area (Å²) >= 11 is 0. The number of ether oxygens (including phenoxy) is 1. The van der Waals surface area contributed by atoms with Crippen LogP contribution in [-0.4, -0.2) is 36.7 Å². The second-order valence-corrected chi connectivity index (χ2v) is 6.66. The molecule has 0 aromatic heterocycles. The topological polar surface area (TPSA) is 24.5 Å². The van der Waals surface area contributed by atoms with Gasteiger partial charge >= 0.3 is 0 Å². The van der Waals surface area contributed by atoms with Crippen molar-refractivity contribution in [3.63, 3.8) is 0 Å². The monoisotopic (exact) mass is 288 g/mol. The Hall–Kier alpha value is -1.32. The van der Waals surface area contributed by atoms with Crippen molar-refractivity contribution in [2.24, 2.45) is 0 Å². The lowest BCUT2D eigenvalue weighted by molar-refractivity contribution is 0.221. The van der Waals surface area contributed by atoms with Crippen LogP contribution < -0.4 is 10.1 Å². The summed E-state index contributed by atoms with van der Waals surface area (Å²) in [6, 6.07) is 8.40. The number of benzene rings is 1. The fourth-order valence-electron chi connectivity index (χ4n) is 2.26. The summed E-state index contributed by atoms with van der Waals surface area (Å²) in [6.07, 6.45) is 5.65. The minimum absolute atomic E-state index is 0.151. The van der Waals surface area contributed by atoms with Gasteiger partial charge in [-0.15, -0.1) is 0 Å². The molecule has 0 aliphatic carbocycles. The number of rotatable bonds is 6. The zero-order chi connectivity index (χ0) is 15.1. The van der Waals surface area contributed by atoms with Crippen molar-refractivity contribution in [3.8, 4) is 5.75 Å². The molecular formula is C18H28N2O. The number of nitrogens with zero attached hydrogens (tertiary/aromatic N) is 1. The van der Waals surface area contributed by atoms with Crippen molar-refractivity contribution in [2.45, 2.75) is 39.3 Å². The van der Waals surface area contributed by atoms with E-state index < -0.39 is 0 Å². The number of nitrogens with one attached hydrogen (secondary N) is 1. The predicted molar refractivity (Wildman–Crippen MR) is 88.7 cm³/mol. The highest BCUT2D eigenvalue weighted by Gasteiger charge is 2.08. The summed E-state index contributed by atoms with van der Waals surface area (Å²) in [4.78, 5) is 2.42. The third-order valence-electron chi connectivity index (χ3n) is 3.56. The largest absolute Gasteiger partial charge is 0.492 e. The maximum absolute atomic E-state index is 5.82. The van der Waals surface area contributed by atoms with E-state index in [0.717, 1.165) is 45.0 Å². The highest BCUT2D eigenvalue weighted by Crippen LogP contribution is 2.13. The Balaban J connectivity index is 1.70. The summed E-state index contributed by atoms with van der Waals surface area (Å²) in [7, 11) is 0. The molecular weight excluding hydrogens is 260 g/mol. The van der Waals surface area contributed by atoms with E-state index in [1.807, 2.05) is 0 Å². The van der Waals surface area contributed by atoms with Crippen molar-refractivity contribution in [2.75, 3.05) is 26.2 Å². The van der Waals surface area contributed by atoms with Crippen LogP contribution in [0.2, 0.25) is 0 Å². The fraction of sp³-hybridized carbons (Fsp3) is 0.556. The van der Waals surface area contributed by atoms with E-state index in [9.17, 15) is 0 Å². The van der Waals surface area contributed by atoms with Gasteiger partial charge in [0.1, 0.15) is 12.4 Å². The Bertz CT molecular complexity index is 445. The van der Waals surface area contributed by atoms with Gasteiger partial charge in [-0.1, -0.05) is 24.3 Å². The molecule has 0 atom stereocenters. The molecule has 1 N–H and O–H groups in total. The molecule has 0 radical (unpaired) electrons. The van der Waals surface area contributed by atoms with Crippen LogP contribution in [0, 0.1) is 0 Å². The van der Waals surface area contributed by atoms with Crippen LogP contribution >= 0.6 is 0 Å². The van der Waals surface area contributed by atoms with E-state index in [0.29, 0.717) is 0 Å². The summed E-state index contributed by atoms with van der Waals surface area (Å²) < 4.78 is 5.82. The van der Waals surface area contributed by atoms with Crippen LogP contribution in [0.1, 0.15) is 32.8 Å². The van der Waals surface area contributed by atoms with Crippen LogP contribution in [-0.2, 0) is 6.54 Å². The van der Waals surface area contributed by atoms with Crippen molar-refractivity contribution in [3.05, 3.63) is 42.0 Å². The molecule has 3 heteroatoms. The van der Waals surface area contributed by atoms with Gasteiger partial charge < -0.3 is 10.1 Å². The van der Waals surface area contributed by atoms with Gasteiger partial charge in [0.15, 0.2) is 0 Å². The van der Waals surface area contributed by atoms with Crippen molar-refractivity contribution < 1.29 is 4.74 Å². The van der Waals surface area contributed by atoms with Gasteiger partial charge in [-0.25, -0.2) is 0 Å². The molecule has 21 heavy (non-hydrogen) atoms. The molecule has 0 unspecified atom stereocenters. The summed E-state index contributed by atoms with van der Waals surface area (Å²) in [5.74, 6) is 0.960. The smallest absolute Gasteiger partial charge is 0.119 e. The van der Waals surface area contributed by atoms with Gasteiger partial charge in [-0.3, -0.25) is 4.90 Å². The Morgan fingerprint density at radius 1 is 1.14 bits per heavy atom. The lowest BCUT2D eigenvalue weighted by Crippen LogP contribution is -2.35. The minimum Gasteiger partial charge on any atom is -0.492 e. The molecule has 1 aliphatic heterocycles. The van der Waals surface area contributed by atoms with Gasteiger partial charge in [0.2, 0.25) is 0 Å². The van der Waals surface area contributed by atoms with E-state index in [-0.39, 0.29) is 5.54 Å². The first kappa shape index (κ1) is 16.1. The van der Waals surface area contributed by atoms with E-state index in [1.165, 1.54) is 5.56 Å². The second-order valence-electron chi connectivity index (χ2n) is 6.66. The average molecular weight is 288 g/mol. The Kier molecular flexibility index (Phi) is 5.83. The molecule has 0 saturated carbocycles. The van der Waals surface area contributed by atoms with E-state index in [1.54, 1.807) is 0 Å². The maximum atomic E-state index is 5.82. The SMILES string of the molecule is CC(C)(C)NCc1ccc(OCCN2CC=CCC2)cc1. The first-order valence-corrected chi connectivity index (χ1v) is 7.87. The first-order chi connectivity index (χ1) is 10.0. The van der Waals surface area contributed by atoms with Crippen molar-refractivity contribution >= 4 is 0 Å². The van der Waals surface area contributed by atoms with Gasteiger partial charge in [0, 0.05) is 31.7 Å². The lowest BCUT2D eigenvalue weighted by Gasteiger charge is -2.23. The van der Waals surface area contributed by atoms with Gasteiger partial charge in [-0.2, -0.15) is 0 Å². The maximum Gasteiger partial charge on any atom is 0.119 e. The van der Waals surface area contributed by atoms with E-state index in [2.05, 4.69) is 67.4 Å². The molecule has 0 spiro atoms. The summed E-state index contributed by atoms with van der Waals surface area (Å²) in [5, 5.41) is 3.49. The molecule has 1 aliphatic rings. The molecule has 0 saturated heterocycles. The highest BCUT2D eigenvalue weighted by atomic mass is 16.5. The Morgan fingerprint density at radius 2 is 1.90 bits per heavy atom. The molecule has 1 aromatic carbocycles. The Labute approximate surface area is 129 Å². The number of hydrogen-bond acceptors (Lipinski definition) is 3. The molecule has 116 valence electrons. The molecule has 0 fully saturated rings. The quantitative estimate of drug-likeness (QED) is 0.814. The van der Waals surface area contributed by atoms with Gasteiger partial charge in [0.05, 0.1) is 0 Å². The molecule has 2 rings (SSSR count). The second kappa shape index (κ2) is 7.62. The molecule has 1 heterocycles. The summed E-state index contributed by atoms with van der Waals surface area (Å²) in [6.45, 7) is 11.4. The van der Waals surface area contributed by atoms with Crippen molar-refractivity contribution in [1.82, 2.24) is 10.2 Å². The highest BCUT2D eigenvalue weighted by molar-refractivity contribution is 5.27. The zero-order valence-corrected chi connectivity index (χ0v) is 13.6. The molecule has 3 nitrogen and oxygen atoms in total. The lowest BCUT2D eigenvalue weighted by atomic mass is 10.1. The van der Waals surface area contributed by atoms with Crippen LogP contribution in [0.5, 0.6) is 5.75 Å². The average Bonchev–Trinajstić information content (AvgIpc) is 2.47. The van der Waals surface area contributed by atoms with Crippen LogP contribution in [0.4, 0.5) is 0 Å². The third kappa shape index (κ3) is 6.32. The van der Waals surface area contributed by atoms with Gasteiger partial charge in [-0.05, 0) is 44.9 Å².